The Bertz CT molecular complexity index is 2420. The van der Waals surface area contributed by atoms with Gasteiger partial charge in [-0.1, -0.05) is 88.0 Å². The molecule has 3 aliphatic rings. The van der Waals surface area contributed by atoms with E-state index >= 15 is 14.0 Å². The third-order valence-electron chi connectivity index (χ3n) is 12.1. The minimum Gasteiger partial charge on any atom is -0.507 e. The summed E-state index contributed by atoms with van der Waals surface area (Å²) in [6, 6.07) is 18.8. The maximum absolute atomic E-state index is 16.4. The molecule has 4 aromatic rings. The van der Waals surface area contributed by atoms with Crippen LogP contribution in [-0.4, -0.2) is 63.2 Å². The van der Waals surface area contributed by atoms with Gasteiger partial charge in [-0.05, 0) is 73.3 Å². The Kier molecular flexibility index (Phi) is 10.7. The summed E-state index contributed by atoms with van der Waals surface area (Å²) >= 11 is 0. The van der Waals surface area contributed by atoms with Gasteiger partial charge in [-0.2, -0.15) is 0 Å². The number of ketones is 2. The molecule has 1 aromatic heterocycles. The number of carbonyl (C=O) groups is 2. The predicted molar refractivity (Wildman–Crippen MR) is 219 cm³/mol. The zero-order valence-corrected chi connectivity index (χ0v) is 35.6. The Balaban J connectivity index is 1.44. The van der Waals surface area contributed by atoms with Crippen molar-refractivity contribution >= 4 is 35.5 Å². The van der Waals surface area contributed by atoms with Crippen LogP contribution < -0.4 is 9.47 Å². The maximum Gasteiger partial charge on any atom is 0.265 e. The Hall–Kier alpha value is -4.89. The SMILES string of the molecule is C=CS(=O)(=O)Cc1cc(F)c2c(c1OCc1ccccc1)C(O)=C1C(=O)C3(O[Si](C)(C)C(C)(C)C)C(=O)c4c(OCc5ccccc5)noc4[C@@H](N(C)C)[C@@H]3C[C@@H]1C2. The van der Waals surface area contributed by atoms with Crippen molar-refractivity contribution in [3.8, 4) is 11.6 Å². The van der Waals surface area contributed by atoms with Crippen LogP contribution >= 0.6 is 0 Å². The molecular weight excluding hydrogens is 780 g/mol. The highest BCUT2D eigenvalue weighted by atomic mass is 32.2. The molecule has 3 aromatic carbocycles. The molecule has 0 saturated heterocycles. The number of benzene rings is 3. The van der Waals surface area contributed by atoms with E-state index in [9.17, 15) is 13.5 Å². The number of aliphatic hydroxyl groups is 1. The van der Waals surface area contributed by atoms with E-state index in [1.165, 1.54) is 0 Å². The van der Waals surface area contributed by atoms with Gasteiger partial charge in [-0.3, -0.25) is 14.5 Å². The van der Waals surface area contributed by atoms with E-state index in [1.54, 1.807) is 0 Å². The average Bonchev–Trinajstić information content (AvgIpc) is 3.58. The second-order valence-corrected chi connectivity index (χ2v) is 23.8. The summed E-state index contributed by atoms with van der Waals surface area (Å²) in [6.07, 6.45) is 0.0819. The molecule has 58 heavy (non-hydrogen) atoms. The fraction of sp³-hybridized carbons (Fsp3) is 0.386. The van der Waals surface area contributed by atoms with Crippen molar-refractivity contribution in [2.45, 2.75) is 82.4 Å². The number of carbonyl (C=O) groups excluding carboxylic acids is 2. The summed E-state index contributed by atoms with van der Waals surface area (Å²) < 4.78 is 67.7. The van der Waals surface area contributed by atoms with E-state index in [-0.39, 0.29) is 71.3 Å². The van der Waals surface area contributed by atoms with Gasteiger partial charge in [0.25, 0.3) is 5.88 Å². The number of rotatable bonds is 12. The molecule has 1 unspecified atom stereocenters. The molecule has 306 valence electrons. The molecule has 1 N–H and O–H groups in total. The molecule has 14 heteroatoms. The lowest BCUT2D eigenvalue weighted by Gasteiger charge is -2.55. The van der Waals surface area contributed by atoms with Gasteiger partial charge in [0.05, 0.1) is 17.4 Å². The van der Waals surface area contributed by atoms with E-state index in [2.05, 4.69) is 11.7 Å². The molecule has 11 nitrogen and oxygen atoms in total. The first-order chi connectivity index (χ1) is 27.3. The molecular formula is C44H49FN2O9SSi. The van der Waals surface area contributed by atoms with Crippen molar-refractivity contribution in [1.29, 1.82) is 0 Å². The van der Waals surface area contributed by atoms with Gasteiger partial charge in [-0.15, -0.1) is 0 Å². The Labute approximate surface area is 339 Å². The fourth-order valence-electron chi connectivity index (χ4n) is 8.29. The minimum atomic E-state index is -3.94. The van der Waals surface area contributed by atoms with Crippen molar-refractivity contribution in [2.75, 3.05) is 14.1 Å². The van der Waals surface area contributed by atoms with Crippen LogP contribution in [-0.2, 0) is 44.4 Å². The van der Waals surface area contributed by atoms with Gasteiger partial charge in [0.15, 0.2) is 29.5 Å². The summed E-state index contributed by atoms with van der Waals surface area (Å²) in [5.74, 6) is -4.99. The first kappa shape index (κ1) is 41.3. The van der Waals surface area contributed by atoms with Crippen molar-refractivity contribution in [1.82, 2.24) is 10.1 Å². The van der Waals surface area contributed by atoms with Crippen molar-refractivity contribution < 1.29 is 45.9 Å². The lowest BCUT2D eigenvalue weighted by Crippen LogP contribution is -2.68. The molecule has 4 atom stereocenters. The first-order valence-electron chi connectivity index (χ1n) is 19.2. The van der Waals surface area contributed by atoms with E-state index in [1.807, 2.05) is 114 Å². The lowest BCUT2D eigenvalue weighted by atomic mass is 9.57. The van der Waals surface area contributed by atoms with Crippen LogP contribution in [0.4, 0.5) is 4.39 Å². The molecule has 1 fully saturated rings. The topological polar surface area (TPSA) is 145 Å². The molecule has 0 radical (unpaired) electrons. The summed E-state index contributed by atoms with van der Waals surface area (Å²) in [7, 11) is -3.34. The van der Waals surface area contributed by atoms with Gasteiger partial charge >= 0.3 is 0 Å². The lowest BCUT2D eigenvalue weighted by molar-refractivity contribution is -0.140. The van der Waals surface area contributed by atoms with Crippen LogP contribution in [0.2, 0.25) is 18.1 Å². The number of ether oxygens (including phenoxy) is 2. The largest absolute Gasteiger partial charge is 0.507 e. The highest BCUT2D eigenvalue weighted by molar-refractivity contribution is 7.93. The van der Waals surface area contributed by atoms with Crippen molar-refractivity contribution in [2.24, 2.45) is 11.8 Å². The number of aliphatic hydroxyl groups excluding tert-OH is 1. The van der Waals surface area contributed by atoms with E-state index in [0.29, 0.717) is 0 Å². The number of halogens is 1. The summed E-state index contributed by atoms with van der Waals surface area (Å²) in [4.78, 5) is 33.1. The average molecular weight is 829 g/mol. The Morgan fingerprint density at radius 2 is 1.60 bits per heavy atom. The maximum atomic E-state index is 16.4. The standard InChI is InChI=1S/C44H49FN2O9SSi/c1-9-57(51,52)25-29-22-32(45)30-20-28-21-31-36(47(5)6)39-35(42(46-55-39)54-24-27-18-14-11-15-19-27)41(50)44(31,56-58(7,8)43(2,3)4)40(49)33(28)37(48)34(30)38(29)53-23-26-16-12-10-13-17-26/h9-19,22,28,31,36,48H,1,20-21,23-25H2,2-8H3/t28-,31-,36-,44?/m0/s1. The van der Waals surface area contributed by atoms with Gasteiger partial charge in [-0.25, -0.2) is 12.8 Å². The number of Topliss-reactive ketones (excluding diaryl/α,β-unsaturated/α-hetero) is 2. The summed E-state index contributed by atoms with van der Waals surface area (Å²) in [6.45, 7) is 13.3. The van der Waals surface area contributed by atoms with Crippen LogP contribution in [0.5, 0.6) is 11.6 Å². The highest BCUT2D eigenvalue weighted by Crippen LogP contribution is 2.59. The summed E-state index contributed by atoms with van der Waals surface area (Å²) in [5, 5.41) is 17.0. The number of fused-ring (bicyclic) bond motifs is 4. The molecule has 3 aliphatic carbocycles. The molecule has 1 heterocycles. The molecule has 0 bridgehead atoms. The van der Waals surface area contributed by atoms with E-state index < -0.39 is 75.6 Å². The second-order valence-electron chi connectivity index (χ2n) is 17.1. The quantitative estimate of drug-likeness (QED) is 0.109. The smallest absolute Gasteiger partial charge is 0.265 e. The molecule has 7 rings (SSSR count). The van der Waals surface area contributed by atoms with Crippen LogP contribution in [0.3, 0.4) is 0 Å². The number of aromatic nitrogens is 1. The van der Waals surface area contributed by atoms with Crippen LogP contribution in [0, 0.1) is 17.7 Å². The van der Waals surface area contributed by atoms with E-state index in [0.717, 1.165) is 22.6 Å². The second kappa shape index (κ2) is 15.0. The van der Waals surface area contributed by atoms with Crippen LogP contribution in [0.15, 0.2) is 88.8 Å². The number of hydrogen-bond acceptors (Lipinski definition) is 11. The molecule has 0 spiro atoms. The van der Waals surface area contributed by atoms with Gasteiger partial charge < -0.3 is 23.5 Å². The van der Waals surface area contributed by atoms with Gasteiger partial charge in [0.2, 0.25) is 11.6 Å². The Morgan fingerprint density at radius 3 is 2.17 bits per heavy atom. The normalized spacial score (nSPS) is 21.9. The van der Waals surface area contributed by atoms with Crippen LogP contribution in [0.25, 0.3) is 5.76 Å². The fourth-order valence-corrected chi connectivity index (χ4v) is 10.5. The van der Waals surface area contributed by atoms with Crippen LogP contribution in [0.1, 0.15) is 77.2 Å². The number of nitrogens with zero attached hydrogens (tertiary/aromatic N) is 2. The zero-order valence-electron chi connectivity index (χ0n) is 33.8. The summed E-state index contributed by atoms with van der Waals surface area (Å²) in [5.41, 5.74) is -0.851. The zero-order chi connectivity index (χ0) is 41.9. The van der Waals surface area contributed by atoms with Crippen molar-refractivity contribution in [3.63, 3.8) is 0 Å². The van der Waals surface area contributed by atoms with Gasteiger partial charge in [0, 0.05) is 28.0 Å². The first-order valence-corrected chi connectivity index (χ1v) is 23.9. The monoisotopic (exact) mass is 828 g/mol. The number of sulfone groups is 1. The van der Waals surface area contributed by atoms with Crippen molar-refractivity contribution in [3.05, 3.63) is 129 Å². The van der Waals surface area contributed by atoms with Gasteiger partial charge in [0.1, 0.15) is 36.1 Å². The predicted octanol–water partition coefficient (Wildman–Crippen LogP) is 8.32. The minimum absolute atomic E-state index is 0.0115. The highest BCUT2D eigenvalue weighted by Gasteiger charge is 2.69. The molecule has 0 aliphatic heterocycles. The molecule has 0 amide bonds. The molecule has 1 saturated carbocycles. The number of hydrogen-bond donors (Lipinski definition) is 1. The third-order valence-corrected chi connectivity index (χ3v) is 17.8. The Morgan fingerprint density at radius 1 is 1.00 bits per heavy atom. The van der Waals surface area contributed by atoms with E-state index in [4.69, 9.17) is 18.4 Å². The third kappa shape index (κ3) is 7.03.